The number of hydrogen-bond acceptors (Lipinski definition) is 4. The first-order valence-electron chi connectivity index (χ1n) is 7.35. The van der Waals surface area contributed by atoms with Crippen LogP contribution in [0.1, 0.15) is 33.1 Å². The Bertz CT molecular complexity index is 320. The van der Waals surface area contributed by atoms with Crippen molar-refractivity contribution in [1.29, 1.82) is 0 Å². The molecule has 2 fully saturated rings. The molecular weight excluding hydrogens is 242 g/mol. The fourth-order valence-corrected chi connectivity index (χ4v) is 3.02. The molecule has 0 aromatic rings. The largest absolute Gasteiger partial charge is 0.378 e. The van der Waals surface area contributed by atoms with Crippen LogP contribution >= 0.6 is 0 Å². The van der Waals surface area contributed by atoms with Crippen molar-refractivity contribution in [3.8, 4) is 0 Å². The maximum absolute atomic E-state index is 12.0. The van der Waals surface area contributed by atoms with Crippen LogP contribution in [0.4, 0.5) is 0 Å². The van der Waals surface area contributed by atoms with Gasteiger partial charge in [0.15, 0.2) is 0 Å². The molecule has 1 saturated heterocycles. The minimum absolute atomic E-state index is 0.0681. The number of nitrogens with one attached hydrogen (secondary N) is 1. The van der Waals surface area contributed by atoms with E-state index in [9.17, 15) is 4.79 Å². The molecule has 110 valence electrons. The highest BCUT2D eigenvalue weighted by atomic mass is 16.5. The number of morpholine rings is 1. The van der Waals surface area contributed by atoms with Crippen LogP contribution in [0.15, 0.2) is 0 Å². The summed E-state index contributed by atoms with van der Waals surface area (Å²) < 4.78 is 5.49. The summed E-state index contributed by atoms with van der Waals surface area (Å²) in [5, 5.41) is 3.05. The first kappa shape index (κ1) is 14.8. The molecule has 0 spiro atoms. The zero-order valence-corrected chi connectivity index (χ0v) is 12.2. The highest BCUT2D eigenvalue weighted by molar-refractivity contribution is 5.78. The van der Waals surface area contributed by atoms with Crippen LogP contribution in [-0.2, 0) is 9.53 Å². The minimum atomic E-state index is 0.0681. The van der Waals surface area contributed by atoms with Crippen molar-refractivity contribution in [3.63, 3.8) is 0 Å². The zero-order valence-electron chi connectivity index (χ0n) is 12.2. The fourth-order valence-electron chi connectivity index (χ4n) is 3.02. The van der Waals surface area contributed by atoms with Crippen LogP contribution in [0.25, 0.3) is 0 Å². The molecular formula is C14H27N3O2. The van der Waals surface area contributed by atoms with Gasteiger partial charge in [-0.2, -0.15) is 0 Å². The quantitative estimate of drug-likeness (QED) is 0.772. The summed E-state index contributed by atoms with van der Waals surface area (Å²) in [7, 11) is 0. The summed E-state index contributed by atoms with van der Waals surface area (Å²) in [6.07, 6.45) is 2.76. The number of carbonyl (C=O) groups is 1. The van der Waals surface area contributed by atoms with Gasteiger partial charge < -0.3 is 15.8 Å². The molecule has 1 heterocycles. The average Bonchev–Trinajstić information content (AvgIpc) is 2.78. The van der Waals surface area contributed by atoms with Gasteiger partial charge in [-0.1, -0.05) is 0 Å². The van der Waals surface area contributed by atoms with Gasteiger partial charge >= 0.3 is 0 Å². The van der Waals surface area contributed by atoms with Crippen molar-refractivity contribution in [1.82, 2.24) is 10.2 Å². The number of rotatable bonds is 4. The monoisotopic (exact) mass is 269 g/mol. The third kappa shape index (κ3) is 3.91. The lowest BCUT2D eigenvalue weighted by Crippen LogP contribution is -2.54. The second-order valence-electron chi connectivity index (χ2n) is 6.41. The van der Waals surface area contributed by atoms with Crippen molar-refractivity contribution in [2.24, 2.45) is 11.7 Å². The third-order valence-corrected chi connectivity index (χ3v) is 4.34. The summed E-state index contributed by atoms with van der Waals surface area (Å²) in [6, 6.07) is 0.217. The first-order valence-corrected chi connectivity index (χ1v) is 7.35. The highest BCUT2D eigenvalue weighted by Gasteiger charge is 2.31. The van der Waals surface area contributed by atoms with E-state index >= 15 is 0 Å². The summed E-state index contributed by atoms with van der Waals surface area (Å²) in [5.41, 5.74) is 5.91. The first-order chi connectivity index (χ1) is 8.99. The zero-order chi connectivity index (χ0) is 13.9. The molecule has 1 saturated carbocycles. The molecule has 2 atom stereocenters. The van der Waals surface area contributed by atoms with Crippen molar-refractivity contribution >= 4 is 5.91 Å². The SMILES string of the molecule is CC1(C)COCCN1CCNC(=O)C1CCC(N)C1. The van der Waals surface area contributed by atoms with E-state index in [1.807, 2.05) is 0 Å². The van der Waals surface area contributed by atoms with E-state index < -0.39 is 0 Å². The van der Waals surface area contributed by atoms with E-state index in [2.05, 4.69) is 24.1 Å². The van der Waals surface area contributed by atoms with Crippen molar-refractivity contribution in [2.75, 3.05) is 32.8 Å². The summed E-state index contributed by atoms with van der Waals surface area (Å²) >= 11 is 0. The Morgan fingerprint density at radius 1 is 1.47 bits per heavy atom. The molecule has 5 nitrogen and oxygen atoms in total. The van der Waals surface area contributed by atoms with Crippen molar-refractivity contribution < 1.29 is 9.53 Å². The van der Waals surface area contributed by atoms with Crippen LogP contribution in [-0.4, -0.2) is 55.2 Å². The van der Waals surface area contributed by atoms with Crippen LogP contribution in [0, 0.1) is 5.92 Å². The van der Waals surface area contributed by atoms with E-state index in [0.29, 0.717) is 6.54 Å². The molecule has 0 aromatic carbocycles. The lowest BCUT2D eigenvalue weighted by Gasteiger charge is -2.42. The van der Waals surface area contributed by atoms with Gasteiger partial charge in [0, 0.05) is 37.1 Å². The Kier molecular flexibility index (Phi) is 4.81. The Morgan fingerprint density at radius 2 is 2.26 bits per heavy atom. The highest BCUT2D eigenvalue weighted by Crippen LogP contribution is 2.24. The van der Waals surface area contributed by atoms with Gasteiger partial charge in [-0.15, -0.1) is 0 Å². The summed E-state index contributed by atoms with van der Waals surface area (Å²) in [6.45, 7) is 8.47. The molecule has 0 radical (unpaired) electrons. The van der Waals surface area contributed by atoms with Gasteiger partial charge in [0.25, 0.3) is 0 Å². The van der Waals surface area contributed by atoms with Gasteiger partial charge in [0.05, 0.1) is 13.2 Å². The lowest BCUT2D eigenvalue weighted by atomic mass is 10.0. The summed E-state index contributed by atoms with van der Waals surface area (Å²) in [4.78, 5) is 14.4. The lowest BCUT2D eigenvalue weighted by molar-refractivity contribution is -0.125. The molecule has 1 aliphatic heterocycles. The Labute approximate surface area is 115 Å². The second kappa shape index (κ2) is 6.20. The Hall–Kier alpha value is -0.650. The normalized spacial score (nSPS) is 31.3. The second-order valence-corrected chi connectivity index (χ2v) is 6.41. The summed E-state index contributed by atoms with van der Waals surface area (Å²) in [5.74, 6) is 0.312. The third-order valence-electron chi connectivity index (χ3n) is 4.34. The predicted molar refractivity (Wildman–Crippen MR) is 74.8 cm³/mol. The van der Waals surface area contributed by atoms with Crippen LogP contribution < -0.4 is 11.1 Å². The molecule has 19 heavy (non-hydrogen) atoms. The Balaban J connectivity index is 1.69. The van der Waals surface area contributed by atoms with Gasteiger partial charge in [0.2, 0.25) is 5.91 Å². The molecule has 2 aliphatic rings. The van der Waals surface area contributed by atoms with Gasteiger partial charge in [0.1, 0.15) is 0 Å². The van der Waals surface area contributed by atoms with E-state index in [1.165, 1.54) is 0 Å². The predicted octanol–water partition coefficient (Wildman–Crippen LogP) is 0.341. The molecule has 5 heteroatoms. The topological polar surface area (TPSA) is 67.6 Å². The standard InChI is InChI=1S/C14H27N3O2/c1-14(2)10-19-8-7-17(14)6-5-16-13(18)11-3-4-12(15)9-11/h11-12H,3-10,15H2,1-2H3,(H,16,18). The van der Waals surface area contributed by atoms with Gasteiger partial charge in [-0.3, -0.25) is 9.69 Å². The van der Waals surface area contributed by atoms with Crippen LogP contribution in [0.5, 0.6) is 0 Å². The van der Waals surface area contributed by atoms with E-state index in [1.54, 1.807) is 0 Å². The van der Waals surface area contributed by atoms with Gasteiger partial charge in [-0.25, -0.2) is 0 Å². The average molecular weight is 269 g/mol. The van der Waals surface area contributed by atoms with E-state index in [4.69, 9.17) is 10.5 Å². The van der Waals surface area contributed by atoms with Crippen LogP contribution in [0.3, 0.4) is 0 Å². The number of carbonyl (C=O) groups excluding carboxylic acids is 1. The van der Waals surface area contributed by atoms with Gasteiger partial charge in [-0.05, 0) is 33.1 Å². The molecule has 0 aromatic heterocycles. The Morgan fingerprint density at radius 3 is 2.89 bits per heavy atom. The van der Waals surface area contributed by atoms with Crippen molar-refractivity contribution in [2.45, 2.75) is 44.7 Å². The number of ether oxygens (including phenoxy) is 1. The minimum Gasteiger partial charge on any atom is -0.378 e. The molecule has 1 aliphatic carbocycles. The maximum Gasteiger partial charge on any atom is 0.223 e. The molecule has 0 bridgehead atoms. The number of nitrogens with two attached hydrogens (primary N) is 1. The van der Waals surface area contributed by atoms with Crippen molar-refractivity contribution in [3.05, 3.63) is 0 Å². The number of amides is 1. The molecule has 3 N–H and O–H groups in total. The smallest absolute Gasteiger partial charge is 0.223 e. The molecule has 1 amide bonds. The van der Waals surface area contributed by atoms with E-state index in [-0.39, 0.29) is 23.4 Å². The maximum atomic E-state index is 12.0. The van der Waals surface area contributed by atoms with Crippen LogP contribution in [0.2, 0.25) is 0 Å². The molecule has 2 unspecified atom stereocenters. The fraction of sp³-hybridized carbons (Fsp3) is 0.929. The number of nitrogens with zero attached hydrogens (tertiary/aromatic N) is 1. The van der Waals surface area contributed by atoms with E-state index in [0.717, 1.165) is 45.6 Å². The number of hydrogen-bond donors (Lipinski definition) is 2. The molecule has 2 rings (SSSR count).